The number of ether oxygens (including phenoxy) is 1. The van der Waals surface area contributed by atoms with Gasteiger partial charge in [0, 0.05) is 6.92 Å². The molecule has 0 aromatic heterocycles. The molecule has 0 saturated heterocycles. The lowest BCUT2D eigenvalue weighted by molar-refractivity contribution is -0.135. The molecular formula is C4H7N3O2S. The van der Waals surface area contributed by atoms with Crippen LogP contribution in [0.2, 0.25) is 0 Å². The smallest absolute Gasteiger partial charge is 0.249 e. The Morgan fingerprint density at radius 3 is 3.10 bits per heavy atom. The van der Waals surface area contributed by atoms with Crippen molar-refractivity contribution in [3.05, 3.63) is 0 Å². The second-order valence-electron chi connectivity index (χ2n) is 1.70. The van der Waals surface area contributed by atoms with E-state index in [-0.39, 0.29) is 12.6 Å². The van der Waals surface area contributed by atoms with Crippen LogP contribution in [0.15, 0.2) is 5.10 Å². The van der Waals surface area contributed by atoms with Crippen LogP contribution in [-0.4, -0.2) is 28.6 Å². The Labute approximate surface area is 63.7 Å². The Balaban J connectivity index is 2.48. The first-order chi connectivity index (χ1) is 4.72. The van der Waals surface area contributed by atoms with E-state index in [4.69, 9.17) is 4.74 Å². The van der Waals surface area contributed by atoms with Crippen molar-refractivity contribution in [2.24, 2.45) is 5.10 Å². The lowest BCUT2D eigenvalue weighted by Gasteiger charge is -2.20. The van der Waals surface area contributed by atoms with E-state index in [2.05, 4.69) is 17.9 Å². The van der Waals surface area contributed by atoms with Crippen LogP contribution in [0.4, 0.5) is 0 Å². The van der Waals surface area contributed by atoms with Crippen molar-refractivity contribution in [1.82, 2.24) is 9.53 Å². The Kier molecular flexibility index (Phi) is 2.00. The maximum Gasteiger partial charge on any atom is 0.249 e. The van der Waals surface area contributed by atoms with E-state index < -0.39 is 0 Å². The van der Waals surface area contributed by atoms with Crippen LogP contribution < -0.4 is 0 Å². The van der Waals surface area contributed by atoms with Gasteiger partial charge in [-0.2, -0.15) is 9.53 Å². The summed E-state index contributed by atoms with van der Waals surface area (Å²) in [5.41, 5.74) is 0. The minimum atomic E-state index is -0.203. The molecular weight excluding hydrogens is 154 g/mol. The zero-order valence-electron chi connectivity index (χ0n) is 5.39. The van der Waals surface area contributed by atoms with Gasteiger partial charge in [0.25, 0.3) is 0 Å². The van der Waals surface area contributed by atoms with Gasteiger partial charge < -0.3 is 4.74 Å². The Bertz CT molecular complexity index is 172. The summed E-state index contributed by atoms with van der Waals surface area (Å²) >= 11 is 3.84. The summed E-state index contributed by atoms with van der Waals surface area (Å²) in [7, 11) is 0. The number of thiol groups is 1. The Morgan fingerprint density at radius 1 is 2.00 bits per heavy atom. The zero-order valence-corrected chi connectivity index (χ0v) is 6.28. The molecule has 56 valence electrons. The third-order valence-electron chi connectivity index (χ3n) is 0.945. The summed E-state index contributed by atoms with van der Waals surface area (Å²) in [5.74, 6) is -0.203. The lowest BCUT2D eigenvalue weighted by Crippen LogP contribution is -2.33. The highest BCUT2D eigenvalue weighted by atomic mass is 32.1. The molecule has 0 spiro atoms. The van der Waals surface area contributed by atoms with E-state index in [1.807, 2.05) is 0 Å². The largest absolute Gasteiger partial charge is 0.457 e. The van der Waals surface area contributed by atoms with Crippen molar-refractivity contribution in [3.63, 3.8) is 0 Å². The topological polar surface area (TPSA) is 45.1 Å². The number of rotatable bonds is 1. The Morgan fingerprint density at radius 2 is 2.70 bits per heavy atom. The summed E-state index contributed by atoms with van der Waals surface area (Å²) < 4.78 is 5.79. The van der Waals surface area contributed by atoms with Gasteiger partial charge in [0.2, 0.25) is 5.91 Å². The van der Waals surface area contributed by atoms with Gasteiger partial charge in [-0.25, -0.2) is 0 Å². The fourth-order valence-electron chi connectivity index (χ4n) is 0.487. The summed E-state index contributed by atoms with van der Waals surface area (Å²) in [5, 5.41) is 4.97. The minimum Gasteiger partial charge on any atom is -0.457 e. The van der Waals surface area contributed by atoms with Crippen molar-refractivity contribution < 1.29 is 9.53 Å². The first kappa shape index (κ1) is 7.20. The normalized spacial score (nSPS) is 15.2. The monoisotopic (exact) mass is 161 g/mol. The zero-order chi connectivity index (χ0) is 7.56. The molecule has 6 heteroatoms. The third kappa shape index (κ3) is 1.32. The summed E-state index contributed by atoms with van der Waals surface area (Å²) in [6.45, 7) is 1.63. The van der Waals surface area contributed by atoms with Gasteiger partial charge in [-0.15, -0.1) is 5.10 Å². The van der Waals surface area contributed by atoms with E-state index in [0.717, 1.165) is 4.41 Å². The minimum absolute atomic E-state index is 0.203. The summed E-state index contributed by atoms with van der Waals surface area (Å²) in [4.78, 5) is 10.6. The number of hydrogen-bond acceptors (Lipinski definition) is 5. The maximum atomic E-state index is 10.6. The van der Waals surface area contributed by atoms with Crippen LogP contribution in [0.5, 0.6) is 0 Å². The molecule has 0 atom stereocenters. The quantitative estimate of drug-likeness (QED) is 0.543. The number of hydrazone groups is 1. The molecule has 1 amide bonds. The highest BCUT2D eigenvalue weighted by molar-refractivity contribution is 7.78. The van der Waals surface area contributed by atoms with Gasteiger partial charge in [0.05, 0.1) is 0 Å². The molecule has 1 aliphatic rings. The fraction of sp³-hybridized carbons (Fsp3) is 0.500. The second kappa shape index (κ2) is 2.78. The predicted octanol–water partition coefficient (Wildman–Crippen LogP) is -0.172. The molecule has 0 aromatic carbocycles. The standard InChI is InChI=1S/C4H7N3O2S/c1-4(8)7(10)6-3-9-2-5-6/h2,10H,3H2,1H3. The molecule has 0 unspecified atom stereocenters. The first-order valence-corrected chi connectivity index (χ1v) is 3.03. The van der Waals surface area contributed by atoms with Crippen LogP contribution in [0, 0.1) is 0 Å². The Hall–Kier alpha value is -0.910. The molecule has 0 N–H and O–H groups in total. The van der Waals surface area contributed by atoms with Crippen molar-refractivity contribution in [1.29, 1.82) is 0 Å². The van der Waals surface area contributed by atoms with Crippen molar-refractivity contribution >= 4 is 25.1 Å². The van der Waals surface area contributed by atoms with Crippen molar-refractivity contribution in [2.75, 3.05) is 6.73 Å². The molecule has 1 rings (SSSR count). The molecule has 0 saturated carbocycles. The van der Waals surface area contributed by atoms with Crippen molar-refractivity contribution in [2.45, 2.75) is 6.92 Å². The van der Waals surface area contributed by atoms with Gasteiger partial charge in [-0.1, -0.05) is 0 Å². The lowest BCUT2D eigenvalue weighted by atomic mass is 10.8. The molecule has 0 aromatic rings. The van der Waals surface area contributed by atoms with E-state index >= 15 is 0 Å². The van der Waals surface area contributed by atoms with Crippen LogP contribution in [0.1, 0.15) is 6.92 Å². The van der Waals surface area contributed by atoms with Crippen LogP contribution >= 0.6 is 12.8 Å². The molecule has 0 radical (unpaired) electrons. The van der Waals surface area contributed by atoms with Gasteiger partial charge in [0.1, 0.15) is 0 Å². The maximum absolute atomic E-state index is 10.6. The average molecular weight is 161 g/mol. The van der Waals surface area contributed by atoms with E-state index in [1.165, 1.54) is 18.4 Å². The molecule has 1 heterocycles. The third-order valence-corrected chi connectivity index (χ3v) is 1.43. The number of amides is 1. The molecule has 1 aliphatic heterocycles. The highest BCUT2D eigenvalue weighted by Gasteiger charge is 2.15. The van der Waals surface area contributed by atoms with Crippen LogP contribution in [0.25, 0.3) is 0 Å². The van der Waals surface area contributed by atoms with E-state index in [9.17, 15) is 4.79 Å². The average Bonchev–Trinajstić information content (AvgIpc) is 2.36. The number of hydrogen-bond donors (Lipinski definition) is 1. The van der Waals surface area contributed by atoms with E-state index in [0.29, 0.717) is 0 Å². The number of nitrogens with zero attached hydrogens (tertiary/aromatic N) is 3. The number of hydrazine groups is 1. The second-order valence-corrected chi connectivity index (χ2v) is 2.08. The van der Waals surface area contributed by atoms with Gasteiger partial charge in [-0.3, -0.25) is 4.79 Å². The highest BCUT2D eigenvalue weighted by Crippen LogP contribution is 2.05. The molecule has 0 fully saturated rings. The SMILES string of the molecule is CC(=O)N(S)N1COC=N1. The number of carbonyl (C=O) groups is 1. The molecule has 10 heavy (non-hydrogen) atoms. The number of carbonyl (C=O) groups excluding carboxylic acids is 1. The van der Waals surface area contributed by atoms with Gasteiger partial charge >= 0.3 is 0 Å². The summed E-state index contributed by atoms with van der Waals surface area (Å²) in [6, 6.07) is 0. The molecule has 5 nitrogen and oxygen atoms in total. The van der Waals surface area contributed by atoms with Crippen molar-refractivity contribution in [3.8, 4) is 0 Å². The first-order valence-electron chi connectivity index (χ1n) is 2.63. The van der Waals surface area contributed by atoms with Gasteiger partial charge in [0.15, 0.2) is 13.1 Å². The van der Waals surface area contributed by atoms with Crippen LogP contribution in [-0.2, 0) is 9.53 Å². The fourth-order valence-corrected chi connectivity index (χ4v) is 0.585. The predicted molar refractivity (Wildman–Crippen MR) is 37.8 cm³/mol. The van der Waals surface area contributed by atoms with Gasteiger partial charge in [-0.05, 0) is 12.8 Å². The van der Waals surface area contributed by atoms with E-state index in [1.54, 1.807) is 0 Å². The summed E-state index contributed by atoms with van der Waals surface area (Å²) in [6.07, 6.45) is 1.26. The molecule has 0 bridgehead atoms. The molecule has 0 aliphatic carbocycles. The van der Waals surface area contributed by atoms with Crippen LogP contribution in [0.3, 0.4) is 0 Å².